The smallest absolute Gasteiger partial charge is 0.478 e. The van der Waals surface area contributed by atoms with Gasteiger partial charge in [0.15, 0.2) is 18.8 Å². The van der Waals surface area contributed by atoms with Crippen LogP contribution in [0, 0.1) is 11.8 Å². The second kappa shape index (κ2) is 29.8. The maximum Gasteiger partial charge on any atom is 0.509 e. The van der Waals surface area contributed by atoms with Gasteiger partial charge in [0.25, 0.3) is 0 Å². The summed E-state index contributed by atoms with van der Waals surface area (Å²) in [6, 6.07) is 0. The molecular weight excluding hydrogens is 1060 g/mol. The third-order valence-corrected chi connectivity index (χ3v) is 11.0. The standard InChI is InChI=1S/C19H28O5.C11H13F5O4.C10H14F2O4.C8H10O4.C4H6O2/c1-12(2)15(20)22-18-7-13-6-14(8-18)10-19(9-13,11-18)24-16(21)23-17(3,4)5;1-4-7(20-8(17)6(2)3)11(15,16)9(18)19-5-10(12,13)14;1-5-7(16-8(13)6(2)3)10(11,12)9(14)15-4;1-5(2)7(9)12-6-3-4-11-8(6)10;1-3(2)4(5)6/h13-14H,1,6-11H2,2-5H3;7H,2,4-5H2,1,3H3;7H,2,5H2,1,3-4H3;6H,1,3-4H2,2H3;1H2,2H3,(H,5,6). The molecular formula is C52H71F7O19. The fourth-order valence-electron chi connectivity index (χ4n) is 7.81. The van der Waals surface area contributed by atoms with Crippen LogP contribution in [0.3, 0.4) is 0 Å². The Morgan fingerprint density at radius 1 is 0.654 bits per heavy atom. The number of rotatable bonds is 17. The van der Waals surface area contributed by atoms with Crippen molar-refractivity contribution in [3.63, 3.8) is 0 Å². The lowest BCUT2D eigenvalue weighted by molar-refractivity contribution is -0.222. The normalized spacial score (nSPS) is 21.4. The summed E-state index contributed by atoms with van der Waals surface area (Å²) < 4.78 is 132. The first-order valence-electron chi connectivity index (χ1n) is 24.0. The highest BCUT2D eigenvalue weighted by Crippen LogP contribution is 2.60. The summed E-state index contributed by atoms with van der Waals surface area (Å²) in [5.41, 5.74) is -0.979. The third kappa shape index (κ3) is 23.9. The molecule has 0 aromatic carbocycles. The molecule has 4 bridgehead atoms. The molecule has 5 atom stereocenters. The molecule has 0 amide bonds. The molecule has 26 heteroatoms. The van der Waals surface area contributed by atoms with Crippen LogP contribution in [0.2, 0.25) is 0 Å². The monoisotopic (exact) mass is 1130 g/mol. The van der Waals surface area contributed by atoms with Crippen molar-refractivity contribution in [1.29, 1.82) is 0 Å². The highest BCUT2D eigenvalue weighted by Gasteiger charge is 2.62. The molecule has 0 aromatic heterocycles. The maximum atomic E-state index is 13.5. The Hall–Kier alpha value is -6.76. The number of carboxylic acids is 1. The molecule has 1 N–H and O–H groups in total. The molecule has 19 nitrogen and oxygen atoms in total. The highest BCUT2D eigenvalue weighted by atomic mass is 19.4. The Kier molecular flexibility index (Phi) is 27.2. The van der Waals surface area contributed by atoms with Gasteiger partial charge in [-0.2, -0.15) is 30.7 Å². The summed E-state index contributed by atoms with van der Waals surface area (Å²) in [5.74, 6) is -15.9. The van der Waals surface area contributed by atoms with Gasteiger partial charge in [0.1, 0.15) is 16.8 Å². The molecule has 0 aromatic rings. The molecule has 0 radical (unpaired) electrons. The van der Waals surface area contributed by atoms with E-state index < -0.39 is 114 Å². The predicted molar refractivity (Wildman–Crippen MR) is 260 cm³/mol. The Labute approximate surface area is 447 Å². The number of hydrogen-bond acceptors (Lipinski definition) is 18. The second-order valence-corrected chi connectivity index (χ2v) is 19.9. The number of carboxylic acid groups (broad SMARTS) is 1. The van der Waals surface area contributed by atoms with E-state index >= 15 is 0 Å². The molecule has 5 rings (SSSR count). The molecule has 442 valence electrons. The fraction of sp³-hybridized carbons (Fsp3) is 0.635. The number of methoxy groups -OCH3 is 1. The third-order valence-electron chi connectivity index (χ3n) is 11.0. The zero-order valence-corrected chi connectivity index (χ0v) is 45.6. The fourth-order valence-corrected chi connectivity index (χ4v) is 7.81. The number of carbonyl (C=O) groups is 9. The molecule has 78 heavy (non-hydrogen) atoms. The van der Waals surface area contributed by atoms with Crippen molar-refractivity contribution in [3.05, 3.63) is 60.8 Å². The summed E-state index contributed by atoms with van der Waals surface area (Å²) in [4.78, 5) is 99.6. The van der Waals surface area contributed by atoms with Gasteiger partial charge in [0, 0.05) is 40.7 Å². The minimum absolute atomic E-state index is 0.0147. The maximum absolute atomic E-state index is 13.5. The first-order chi connectivity index (χ1) is 35.4. The van der Waals surface area contributed by atoms with E-state index in [-0.39, 0.29) is 34.7 Å². The van der Waals surface area contributed by atoms with Crippen molar-refractivity contribution in [2.45, 2.75) is 180 Å². The zero-order chi connectivity index (χ0) is 61.1. The summed E-state index contributed by atoms with van der Waals surface area (Å²) >= 11 is 0. The Morgan fingerprint density at radius 2 is 1.05 bits per heavy atom. The van der Waals surface area contributed by atoms with E-state index in [1.165, 1.54) is 41.5 Å². The van der Waals surface area contributed by atoms with Crippen molar-refractivity contribution in [1.82, 2.24) is 0 Å². The van der Waals surface area contributed by atoms with E-state index in [0.29, 0.717) is 36.9 Å². The van der Waals surface area contributed by atoms with Gasteiger partial charge in [-0.15, -0.1) is 0 Å². The van der Waals surface area contributed by atoms with E-state index in [2.05, 4.69) is 56.6 Å². The molecule has 0 spiro atoms. The number of alkyl halides is 7. The van der Waals surface area contributed by atoms with Gasteiger partial charge >= 0.3 is 71.9 Å². The minimum Gasteiger partial charge on any atom is -0.478 e. The Bertz CT molecular complexity index is 2240. The number of halogens is 7. The van der Waals surface area contributed by atoms with Crippen molar-refractivity contribution in [2.75, 3.05) is 20.3 Å². The minimum atomic E-state index is -4.93. The summed E-state index contributed by atoms with van der Waals surface area (Å²) in [5, 5.41) is 7.89. The van der Waals surface area contributed by atoms with E-state index in [9.17, 15) is 73.9 Å². The summed E-state index contributed by atoms with van der Waals surface area (Å²) in [6.07, 6.45) is -5.49. The van der Waals surface area contributed by atoms with E-state index in [1.54, 1.807) is 6.92 Å². The largest absolute Gasteiger partial charge is 0.509 e. The van der Waals surface area contributed by atoms with Crippen LogP contribution in [0.25, 0.3) is 0 Å². The molecule has 4 aliphatic carbocycles. The topological polar surface area (TPSA) is 257 Å². The van der Waals surface area contributed by atoms with E-state index in [0.717, 1.165) is 39.2 Å². The number of hydrogen-bond donors (Lipinski definition) is 1. The molecule has 1 saturated heterocycles. The lowest BCUT2D eigenvalue weighted by Gasteiger charge is -2.59. The van der Waals surface area contributed by atoms with Crippen LogP contribution in [0.4, 0.5) is 35.5 Å². The second-order valence-electron chi connectivity index (χ2n) is 19.9. The average molecular weight is 1130 g/mol. The number of esters is 7. The van der Waals surface area contributed by atoms with Crippen LogP contribution >= 0.6 is 0 Å². The summed E-state index contributed by atoms with van der Waals surface area (Å²) in [6.45, 7) is 30.0. The van der Waals surface area contributed by atoms with Crippen LogP contribution in [0.1, 0.15) is 127 Å². The SMILES string of the molecule is C=C(C)C(=O)O.C=C(C)C(=O)OC(CC)C(F)(F)C(=O)OC.C=C(C)C(=O)OC(CC)C(F)(F)C(=O)OCC(F)(F)F.C=C(C)C(=O)OC12CC3CC(CC(OC(=O)OC(C)(C)C)(C3)C1)C2.C=C(C)C(=O)OC1CCOC1=O. The number of cyclic esters (lactones) is 1. The van der Waals surface area contributed by atoms with Crippen molar-refractivity contribution < 1.29 is 122 Å². The van der Waals surface area contributed by atoms with Crippen molar-refractivity contribution in [3.8, 4) is 0 Å². The van der Waals surface area contributed by atoms with Gasteiger partial charge in [0.05, 0.1) is 13.7 Å². The average Bonchev–Trinajstić information content (AvgIpc) is 3.70. The van der Waals surface area contributed by atoms with Crippen molar-refractivity contribution >= 4 is 53.9 Å². The Morgan fingerprint density at radius 3 is 1.37 bits per heavy atom. The van der Waals surface area contributed by atoms with E-state index in [4.69, 9.17) is 24.1 Å². The van der Waals surface area contributed by atoms with Crippen LogP contribution in [-0.2, 0) is 81.0 Å². The molecule has 1 heterocycles. The first-order valence-corrected chi connectivity index (χ1v) is 24.0. The van der Waals surface area contributed by atoms with Crippen LogP contribution < -0.4 is 0 Å². The van der Waals surface area contributed by atoms with Gasteiger partial charge in [-0.3, -0.25) is 0 Å². The lowest BCUT2D eigenvalue weighted by Crippen LogP contribution is -2.62. The zero-order valence-electron chi connectivity index (χ0n) is 45.6. The van der Waals surface area contributed by atoms with Gasteiger partial charge in [-0.1, -0.05) is 46.7 Å². The van der Waals surface area contributed by atoms with Crippen LogP contribution in [0.5, 0.6) is 0 Å². The molecule has 5 aliphatic rings. The van der Waals surface area contributed by atoms with Gasteiger partial charge in [-0.25, -0.2) is 43.2 Å². The van der Waals surface area contributed by atoms with E-state index in [1.807, 2.05) is 20.8 Å². The highest BCUT2D eigenvalue weighted by molar-refractivity contribution is 5.90. The molecule has 4 saturated carbocycles. The molecule has 5 fully saturated rings. The van der Waals surface area contributed by atoms with Crippen LogP contribution in [0.15, 0.2) is 60.8 Å². The molecule has 1 aliphatic heterocycles. The lowest BCUT2D eigenvalue weighted by atomic mass is 9.52. The predicted octanol–water partition coefficient (Wildman–Crippen LogP) is 9.53. The molecule has 5 unspecified atom stereocenters. The number of aliphatic carboxylic acids is 1. The Balaban J connectivity index is 0.00000100. The van der Waals surface area contributed by atoms with Gasteiger partial charge in [0.2, 0.25) is 6.10 Å². The number of carbonyl (C=O) groups excluding carboxylic acids is 8. The summed E-state index contributed by atoms with van der Waals surface area (Å²) in [7, 11) is 0.837. The van der Waals surface area contributed by atoms with Crippen LogP contribution in [-0.4, -0.2) is 132 Å². The van der Waals surface area contributed by atoms with Gasteiger partial charge in [-0.05, 0) is 112 Å². The first kappa shape index (κ1) is 71.2. The van der Waals surface area contributed by atoms with Gasteiger partial charge < -0.3 is 47.7 Å². The van der Waals surface area contributed by atoms with Crippen molar-refractivity contribution in [2.24, 2.45) is 11.8 Å². The quantitative estimate of drug-likeness (QED) is 0.0615. The number of ether oxygens (including phenoxy) is 9.